The molecule has 0 heterocycles. The molecule has 0 unspecified atom stereocenters. The standard InChI is InChI=1S/C6H8N2/c1-5(8)6(4-7)2-3-6/h8H,2-3H2,1H3. The quantitative estimate of drug-likeness (QED) is 0.506. The molecule has 2 heteroatoms. The lowest BCUT2D eigenvalue weighted by atomic mass is 10.1. The van der Waals surface area contributed by atoms with E-state index in [1.165, 1.54) is 0 Å². The third kappa shape index (κ3) is 0.516. The van der Waals surface area contributed by atoms with Crippen LogP contribution in [0.4, 0.5) is 0 Å². The largest absolute Gasteiger partial charge is 0.308 e. The average molecular weight is 108 g/mol. The highest BCUT2D eigenvalue weighted by atomic mass is 14.6. The van der Waals surface area contributed by atoms with Crippen molar-refractivity contribution >= 4 is 5.71 Å². The van der Waals surface area contributed by atoms with E-state index in [1.54, 1.807) is 6.92 Å². The van der Waals surface area contributed by atoms with E-state index in [4.69, 9.17) is 10.7 Å². The summed E-state index contributed by atoms with van der Waals surface area (Å²) in [5.74, 6) is 0. The average Bonchev–Trinajstić information content (AvgIpc) is 2.44. The topological polar surface area (TPSA) is 47.6 Å². The summed E-state index contributed by atoms with van der Waals surface area (Å²) in [5, 5.41) is 15.6. The summed E-state index contributed by atoms with van der Waals surface area (Å²) in [6, 6.07) is 2.13. The summed E-state index contributed by atoms with van der Waals surface area (Å²) in [4.78, 5) is 0. The molecule has 8 heavy (non-hydrogen) atoms. The van der Waals surface area contributed by atoms with Gasteiger partial charge in [-0.3, -0.25) is 0 Å². The smallest absolute Gasteiger partial charge is 0.0945 e. The Labute approximate surface area is 48.6 Å². The van der Waals surface area contributed by atoms with Crippen molar-refractivity contribution in [1.82, 2.24) is 0 Å². The molecule has 0 bridgehead atoms. The molecule has 0 atom stereocenters. The normalized spacial score (nSPS) is 21.5. The van der Waals surface area contributed by atoms with E-state index >= 15 is 0 Å². The van der Waals surface area contributed by atoms with Crippen LogP contribution in [0, 0.1) is 22.2 Å². The molecule has 0 amide bonds. The van der Waals surface area contributed by atoms with Crippen molar-refractivity contribution in [2.24, 2.45) is 5.41 Å². The number of hydrogen-bond donors (Lipinski definition) is 1. The second-order valence-corrected chi connectivity index (χ2v) is 2.32. The molecule has 0 saturated heterocycles. The third-order valence-electron chi connectivity index (χ3n) is 1.68. The molecule has 1 N–H and O–H groups in total. The Morgan fingerprint density at radius 1 is 1.75 bits per heavy atom. The number of nitriles is 1. The maximum atomic E-state index is 8.44. The number of rotatable bonds is 1. The van der Waals surface area contributed by atoms with Gasteiger partial charge in [0.2, 0.25) is 0 Å². The summed E-state index contributed by atoms with van der Waals surface area (Å²) >= 11 is 0. The van der Waals surface area contributed by atoms with Crippen molar-refractivity contribution in [3.63, 3.8) is 0 Å². The Morgan fingerprint density at radius 3 is 2.25 bits per heavy atom. The van der Waals surface area contributed by atoms with Gasteiger partial charge in [0.05, 0.1) is 11.5 Å². The Hall–Kier alpha value is -0.840. The van der Waals surface area contributed by atoms with E-state index in [0.29, 0.717) is 5.71 Å². The third-order valence-corrected chi connectivity index (χ3v) is 1.68. The minimum absolute atomic E-state index is 0.319. The summed E-state index contributed by atoms with van der Waals surface area (Å²) in [6.07, 6.45) is 1.80. The van der Waals surface area contributed by atoms with Gasteiger partial charge in [-0.15, -0.1) is 0 Å². The predicted octanol–water partition coefficient (Wildman–Crippen LogP) is 1.33. The van der Waals surface area contributed by atoms with Gasteiger partial charge in [0.25, 0.3) is 0 Å². The lowest BCUT2D eigenvalue weighted by molar-refractivity contribution is 0.919. The van der Waals surface area contributed by atoms with E-state index in [2.05, 4.69) is 6.07 Å². The lowest BCUT2D eigenvalue weighted by Gasteiger charge is -1.97. The van der Waals surface area contributed by atoms with Gasteiger partial charge >= 0.3 is 0 Å². The first-order valence-corrected chi connectivity index (χ1v) is 2.68. The van der Waals surface area contributed by atoms with Crippen molar-refractivity contribution in [2.45, 2.75) is 19.8 Å². The van der Waals surface area contributed by atoms with Crippen LogP contribution >= 0.6 is 0 Å². The fraction of sp³-hybridized carbons (Fsp3) is 0.667. The van der Waals surface area contributed by atoms with Crippen LogP contribution in [0.25, 0.3) is 0 Å². The zero-order valence-electron chi connectivity index (χ0n) is 4.86. The molecule has 1 fully saturated rings. The van der Waals surface area contributed by atoms with E-state index in [1.807, 2.05) is 0 Å². The molecule has 1 aliphatic carbocycles. The first-order valence-electron chi connectivity index (χ1n) is 2.68. The fourth-order valence-corrected chi connectivity index (χ4v) is 0.696. The molecule has 0 radical (unpaired) electrons. The highest BCUT2D eigenvalue weighted by molar-refractivity contribution is 5.90. The molecular formula is C6H8N2. The van der Waals surface area contributed by atoms with Crippen LogP contribution in [0.2, 0.25) is 0 Å². The first kappa shape index (κ1) is 5.30. The molecule has 0 aromatic rings. The lowest BCUT2D eigenvalue weighted by Crippen LogP contribution is -2.06. The molecule has 0 spiro atoms. The molecule has 0 aromatic heterocycles. The van der Waals surface area contributed by atoms with Crippen LogP contribution in [-0.2, 0) is 0 Å². The number of hydrogen-bond acceptors (Lipinski definition) is 2. The van der Waals surface area contributed by atoms with Crippen LogP contribution in [0.15, 0.2) is 0 Å². The molecule has 1 rings (SSSR count). The van der Waals surface area contributed by atoms with E-state index < -0.39 is 0 Å². The molecule has 0 aromatic carbocycles. The minimum atomic E-state index is -0.319. The summed E-state index contributed by atoms with van der Waals surface area (Å²) in [5.41, 5.74) is 0.208. The zero-order valence-corrected chi connectivity index (χ0v) is 4.86. The van der Waals surface area contributed by atoms with Gasteiger partial charge in [0.15, 0.2) is 0 Å². The van der Waals surface area contributed by atoms with Crippen molar-refractivity contribution < 1.29 is 0 Å². The molecule has 42 valence electrons. The van der Waals surface area contributed by atoms with Gasteiger partial charge in [-0.25, -0.2) is 0 Å². The summed E-state index contributed by atoms with van der Waals surface area (Å²) in [7, 11) is 0. The second kappa shape index (κ2) is 1.32. The van der Waals surface area contributed by atoms with Crippen LogP contribution < -0.4 is 0 Å². The zero-order chi connectivity index (χ0) is 6.20. The number of nitrogens with zero attached hydrogens (tertiary/aromatic N) is 1. The molecule has 1 saturated carbocycles. The van der Waals surface area contributed by atoms with Gasteiger partial charge in [-0.2, -0.15) is 5.26 Å². The first-order chi connectivity index (χ1) is 3.71. The summed E-state index contributed by atoms with van der Waals surface area (Å²) in [6.45, 7) is 1.70. The van der Waals surface area contributed by atoms with E-state index in [0.717, 1.165) is 12.8 Å². The Kier molecular flexibility index (Phi) is 0.872. The highest BCUT2D eigenvalue weighted by Crippen LogP contribution is 2.45. The van der Waals surface area contributed by atoms with Crippen LogP contribution in [0.1, 0.15) is 19.8 Å². The van der Waals surface area contributed by atoms with Crippen LogP contribution in [0.5, 0.6) is 0 Å². The van der Waals surface area contributed by atoms with E-state index in [-0.39, 0.29) is 5.41 Å². The maximum Gasteiger partial charge on any atom is 0.0945 e. The van der Waals surface area contributed by atoms with Crippen LogP contribution in [0.3, 0.4) is 0 Å². The Bertz CT molecular complexity index is 160. The van der Waals surface area contributed by atoms with Crippen LogP contribution in [-0.4, -0.2) is 5.71 Å². The Morgan fingerprint density at radius 2 is 2.25 bits per heavy atom. The fourth-order valence-electron chi connectivity index (χ4n) is 0.696. The van der Waals surface area contributed by atoms with Crippen molar-refractivity contribution in [3.8, 4) is 6.07 Å². The van der Waals surface area contributed by atoms with Gasteiger partial charge in [0.1, 0.15) is 0 Å². The molecule has 2 nitrogen and oxygen atoms in total. The molecule has 0 aliphatic heterocycles. The van der Waals surface area contributed by atoms with Gasteiger partial charge < -0.3 is 5.41 Å². The van der Waals surface area contributed by atoms with Crippen molar-refractivity contribution in [2.75, 3.05) is 0 Å². The van der Waals surface area contributed by atoms with Gasteiger partial charge in [0, 0.05) is 5.71 Å². The highest BCUT2D eigenvalue weighted by Gasteiger charge is 2.45. The second-order valence-electron chi connectivity index (χ2n) is 2.32. The summed E-state index contributed by atoms with van der Waals surface area (Å²) < 4.78 is 0. The number of nitrogens with one attached hydrogen (secondary N) is 1. The SMILES string of the molecule is CC(=N)C1(C#N)CC1. The van der Waals surface area contributed by atoms with Crippen molar-refractivity contribution in [3.05, 3.63) is 0 Å². The predicted molar refractivity (Wildman–Crippen MR) is 30.7 cm³/mol. The maximum absolute atomic E-state index is 8.44. The van der Waals surface area contributed by atoms with E-state index in [9.17, 15) is 0 Å². The van der Waals surface area contributed by atoms with Gasteiger partial charge in [-0.1, -0.05) is 0 Å². The van der Waals surface area contributed by atoms with Gasteiger partial charge in [-0.05, 0) is 19.8 Å². The minimum Gasteiger partial charge on any atom is -0.308 e. The monoisotopic (exact) mass is 108 g/mol. The molecule has 1 aliphatic rings. The Balaban J connectivity index is 2.71. The molecular weight excluding hydrogens is 100 g/mol. The van der Waals surface area contributed by atoms with Crippen molar-refractivity contribution in [1.29, 1.82) is 10.7 Å².